The molecule has 0 radical (unpaired) electrons. The number of morpholine rings is 1. The van der Waals surface area contributed by atoms with E-state index in [1.807, 2.05) is 11.9 Å². The van der Waals surface area contributed by atoms with Crippen molar-refractivity contribution in [2.75, 3.05) is 26.8 Å². The van der Waals surface area contributed by atoms with Crippen molar-refractivity contribution < 1.29 is 19.0 Å². The maximum absolute atomic E-state index is 13.3. The maximum Gasteiger partial charge on any atom is 0.296 e. The van der Waals surface area contributed by atoms with E-state index in [1.165, 1.54) is 29.8 Å². The van der Waals surface area contributed by atoms with Crippen LogP contribution in [0.15, 0.2) is 27.5 Å². The van der Waals surface area contributed by atoms with Crippen LogP contribution in [0.2, 0.25) is 0 Å². The van der Waals surface area contributed by atoms with Crippen LogP contribution < -0.4 is 10.9 Å². The summed E-state index contributed by atoms with van der Waals surface area (Å²) in [6.07, 6.45) is 0. The molecule has 1 atom stereocenters. The minimum atomic E-state index is -0.719. The van der Waals surface area contributed by atoms with Gasteiger partial charge in [0.25, 0.3) is 11.5 Å². The van der Waals surface area contributed by atoms with E-state index in [0.717, 1.165) is 0 Å². The normalized spacial score (nSPS) is 17.5. The van der Waals surface area contributed by atoms with Crippen molar-refractivity contribution in [1.29, 1.82) is 0 Å². The Bertz CT molecular complexity index is 965. The van der Waals surface area contributed by atoms with E-state index in [1.54, 1.807) is 0 Å². The van der Waals surface area contributed by atoms with Gasteiger partial charge < -0.3 is 15.2 Å². The number of hydrogen-bond donors (Lipinski definition) is 2. The van der Waals surface area contributed by atoms with E-state index in [4.69, 9.17) is 4.74 Å². The van der Waals surface area contributed by atoms with E-state index < -0.39 is 23.0 Å². The first-order chi connectivity index (χ1) is 13.3. The SMILES string of the molecule is CN1CCOCC1c1nc(C(=O)NCc2ccc(F)c(Br)c2)c(O)c(=O)n1C. The molecule has 2 N–H and O–H groups in total. The minimum absolute atomic E-state index is 0.0792. The number of carbonyl (C=O) groups is 1. The van der Waals surface area contributed by atoms with Crippen LogP contribution in [0.3, 0.4) is 0 Å². The molecular weight excluding hydrogens is 435 g/mol. The number of benzene rings is 1. The Kier molecular flexibility index (Phi) is 6.11. The van der Waals surface area contributed by atoms with E-state index in [2.05, 4.69) is 26.2 Å². The van der Waals surface area contributed by atoms with E-state index in [-0.39, 0.29) is 22.8 Å². The van der Waals surface area contributed by atoms with Crippen LogP contribution in [0.4, 0.5) is 4.39 Å². The van der Waals surface area contributed by atoms with Crippen molar-refractivity contribution in [2.45, 2.75) is 12.6 Å². The summed E-state index contributed by atoms with van der Waals surface area (Å²) in [7, 11) is 3.36. The van der Waals surface area contributed by atoms with E-state index >= 15 is 0 Å². The summed E-state index contributed by atoms with van der Waals surface area (Å²) in [6.45, 7) is 1.63. The number of hydrogen-bond acceptors (Lipinski definition) is 6. The first-order valence-corrected chi connectivity index (χ1v) is 9.39. The molecule has 2 heterocycles. The lowest BCUT2D eigenvalue weighted by Crippen LogP contribution is -2.41. The molecule has 0 aliphatic carbocycles. The molecule has 0 bridgehead atoms. The molecule has 10 heteroatoms. The highest BCUT2D eigenvalue weighted by molar-refractivity contribution is 9.10. The van der Waals surface area contributed by atoms with Crippen LogP contribution in [0.1, 0.15) is 27.9 Å². The molecule has 1 aromatic carbocycles. The third kappa shape index (κ3) is 4.08. The number of nitrogens with zero attached hydrogens (tertiary/aromatic N) is 3. The van der Waals surface area contributed by atoms with Crippen molar-refractivity contribution in [3.05, 3.63) is 55.9 Å². The standard InChI is InChI=1S/C18H20BrFN4O4/c1-23-5-6-28-9-13(23)16-22-14(15(25)18(27)24(16)2)17(26)21-8-10-3-4-12(20)11(19)7-10/h3-4,7,13,25H,5-6,8-9H2,1-2H3,(H,21,26). The average Bonchev–Trinajstić information content (AvgIpc) is 2.68. The predicted octanol–water partition coefficient (Wildman–Crippen LogP) is 1.32. The number of amides is 1. The van der Waals surface area contributed by atoms with Crippen LogP contribution in [0.25, 0.3) is 0 Å². The van der Waals surface area contributed by atoms with Gasteiger partial charge in [0.05, 0.1) is 23.7 Å². The topological polar surface area (TPSA) is 96.7 Å². The number of aromatic hydroxyl groups is 1. The molecule has 1 saturated heterocycles. The molecule has 0 spiro atoms. The second-order valence-electron chi connectivity index (χ2n) is 6.53. The first-order valence-electron chi connectivity index (χ1n) is 8.59. The smallest absolute Gasteiger partial charge is 0.296 e. The lowest BCUT2D eigenvalue weighted by Gasteiger charge is -2.32. The van der Waals surface area contributed by atoms with E-state index in [0.29, 0.717) is 31.1 Å². The van der Waals surface area contributed by atoms with Gasteiger partial charge in [0.2, 0.25) is 5.75 Å². The van der Waals surface area contributed by atoms with E-state index in [9.17, 15) is 19.1 Å². The molecule has 2 aromatic rings. The summed E-state index contributed by atoms with van der Waals surface area (Å²) < 4.78 is 20.3. The molecular formula is C18H20BrFN4O4. The monoisotopic (exact) mass is 454 g/mol. The second kappa shape index (κ2) is 8.38. The van der Waals surface area contributed by atoms with Crippen molar-refractivity contribution in [3.63, 3.8) is 0 Å². The number of likely N-dealkylation sites (N-methyl/N-ethyl adjacent to an activating group) is 1. The number of carbonyl (C=O) groups excluding carboxylic acids is 1. The van der Waals surface area contributed by atoms with Crippen LogP contribution in [-0.2, 0) is 18.3 Å². The van der Waals surface area contributed by atoms with Gasteiger partial charge in [0.15, 0.2) is 5.69 Å². The Morgan fingerprint density at radius 1 is 1.46 bits per heavy atom. The molecule has 28 heavy (non-hydrogen) atoms. The van der Waals surface area contributed by atoms with Gasteiger partial charge >= 0.3 is 0 Å². The summed E-state index contributed by atoms with van der Waals surface area (Å²) >= 11 is 3.09. The van der Waals surface area contributed by atoms with Gasteiger partial charge in [-0.1, -0.05) is 6.07 Å². The van der Waals surface area contributed by atoms with Gasteiger partial charge in [-0.05, 0) is 40.7 Å². The van der Waals surface area contributed by atoms with Gasteiger partial charge in [-0.3, -0.25) is 19.1 Å². The van der Waals surface area contributed by atoms with Crippen LogP contribution in [0.5, 0.6) is 5.75 Å². The Labute approximate surface area is 169 Å². The largest absolute Gasteiger partial charge is 0.501 e. The number of halogens is 2. The highest BCUT2D eigenvalue weighted by Gasteiger charge is 2.28. The van der Waals surface area contributed by atoms with Crippen LogP contribution >= 0.6 is 15.9 Å². The second-order valence-corrected chi connectivity index (χ2v) is 7.39. The summed E-state index contributed by atoms with van der Waals surface area (Å²) in [5, 5.41) is 12.7. The summed E-state index contributed by atoms with van der Waals surface area (Å²) in [5.41, 5.74) is -0.414. The Morgan fingerprint density at radius 2 is 2.21 bits per heavy atom. The Balaban J connectivity index is 1.86. The molecule has 1 aliphatic rings. The Morgan fingerprint density at radius 3 is 2.89 bits per heavy atom. The molecule has 150 valence electrons. The number of aromatic nitrogens is 2. The van der Waals surface area contributed by atoms with Crippen molar-refractivity contribution in [3.8, 4) is 5.75 Å². The fourth-order valence-corrected chi connectivity index (χ4v) is 3.36. The number of ether oxygens (including phenoxy) is 1. The minimum Gasteiger partial charge on any atom is -0.501 e. The molecule has 1 aliphatic heterocycles. The third-order valence-electron chi connectivity index (χ3n) is 4.65. The number of nitrogens with one attached hydrogen (secondary N) is 1. The zero-order valence-corrected chi connectivity index (χ0v) is 17.0. The molecule has 1 amide bonds. The van der Waals surface area contributed by atoms with Gasteiger partial charge in [0.1, 0.15) is 11.6 Å². The van der Waals surface area contributed by atoms with Gasteiger partial charge in [-0.15, -0.1) is 0 Å². The van der Waals surface area contributed by atoms with Crippen molar-refractivity contribution >= 4 is 21.8 Å². The first kappa shape index (κ1) is 20.4. The van der Waals surface area contributed by atoms with Gasteiger partial charge in [-0.25, -0.2) is 9.37 Å². The van der Waals surface area contributed by atoms with Gasteiger partial charge in [-0.2, -0.15) is 0 Å². The molecule has 1 aromatic heterocycles. The summed E-state index contributed by atoms with van der Waals surface area (Å²) in [6, 6.07) is 4.02. The molecule has 1 unspecified atom stereocenters. The number of rotatable bonds is 4. The highest BCUT2D eigenvalue weighted by atomic mass is 79.9. The third-order valence-corrected chi connectivity index (χ3v) is 5.26. The average molecular weight is 455 g/mol. The van der Waals surface area contributed by atoms with Crippen molar-refractivity contribution in [1.82, 2.24) is 19.8 Å². The highest BCUT2D eigenvalue weighted by Crippen LogP contribution is 2.22. The fourth-order valence-electron chi connectivity index (χ4n) is 2.94. The van der Waals surface area contributed by atoms with Crippen LogP contribution in [0, 0.1) is 5.82 Å². The maximum atomic E-state index is 13.3. The Hall–Kier alpha value is -2.30. The zero-order valence-electron chi connectivity index (χ0n) is 15.4. The lowest BCUT2D eigenvalue weighted by atomic mass is 10.2. The zero-order chi connectivity index (χ0) is 20.4. The fraction of sp³-hybridized carbons (Fsp3) is 0.389. The van der Waals surface area contributed by atoms with Gasteiger partial charge in [0, 0.05) is 20.1 Å². The molecule has 3 rings (SSSR count). The molecule has 8 nitrogen and oxygen atoms in total. The molecule has 1 fully saturated rings. The predicted molar refractivity (Wildman–Crippen MR) is 103 cm³/mol. The molecule has 0 saturated carbocycles. The lowest BCUT2D eigenvalue weighted by molar-refractivity contribution is 0.000180. The van der Waals surface area contributed by atoms with Crippen molar-refractivity contribution in [2.24, 2.45) is 7.05 Å². The van der Waals surface area contributed by atoms with Crippen LogP contribution in [-0.4, -0.2) is 52.3 Å². The summed E-state index contributed by atoms with van der Waals surface area (Å²) in [4.78, 5) is 31.2. The quantitative estimate of drug-likeness (QED) is 0.722. The summed E-state index contributed by atoms with van der Waals surface area (Å²) in [5.74, 6) is -1.50.